The molecular formula is C19H32IN3O2. The van der Waals surface area contributed by atoms with Crippen LogP contribution in [0.25, 0.3) is 0 Å². The highest BCUT2D eigenvalue weighted by atomic mass is 127. The fraction of sp³-hybridized carbons (Fsp3) is 0.632. The first-order valence-electron chi connectivity index (χ1n) is 8.81. The number of guanidine groups is 1. The van der Waals surface area contributed by atoms with Gasteiger partial charge in [0.05, 0.1) is 20.8 Å². The van der Waals surface area contributed by atoms with Gasteiger partial charge in [-0.1, -0.05) is 19.9 Å². The summed E-state index contributed by atoms with van der Waals surface area (Å²) in [6, 6.07) is 5.96. The van der Waals surface area contributed by atoms with Gasteiger partial charge in [0.15, 0.2) is 17.5 Å². The quantitative estimate of drug-likeness (QED) is 0.412. The summed E-state index contributed by atoms with van der Waals surface area (Å²) < 4.78 is 10.7. The molecule has 1 N–H and O–H groups in total. The van der Waals surface area contributed by atoms with Gasteiger partial charge in [0, 0.05) is 19.6 Å². The maximum Gasteiger partial charge on any atom is 0.194 e. The summed E-state index contributed by atoms with van der Waals surface area (Å²) in [6.07, 6.45) is 1.30. The average molecular weight is 461 g/mol. The normalized spacial score (nSPS) is 20.7. The molecule has 1 heterocycles. The molecule has 142 valence electrons. The van der Waals surface area contributed by atoms with Crippen molar-refractivity contribution in [2.75, 3.05) is 33.9 Å². The molecular weight excluding hydrogens is 429 g/mol. The molecule has 1 aliphatic heterocycles. The van der Waals surface area contributed by atoms with Crippen molar-refractivity contribution in [3.8, 4) is 11.5 Å². The van der Waals surface area contributed by atoms with Crippen LogP contribution < -0.4 is 14.8 Å². The molecule has 0 bridgehead atoms. The van der Waals surface area contributed by atoms with Gasteiger partial charge in [-0.25, -0.2) is 4.99 Å². The second-order valence-corrected chi connectivity index (χ2v) is 6.71. The van der Waals surface area contributed by atoms with Crippen LogP contribution >= 0.6 is 24.0 Å². The lowest BCUT2D eigenvalue weighted by Crippen LogP contribution is -2.48. The van der Waals surface area contributed by atoms with Crippen LogP contribution in [0.5, 0.6) is 11.5 Å². The van der Waals surface area contributed by atoms with E-state index in [-0.39, 0.29) is 24.0 Å². The third-order valence-corrected chi connectivity index (χ3v) is 4.36. The van der Waals surface area contributed by atoms with Gasteiger partial charge < -0.3 is 19.7 Å². The van der Waals surface area contributed by atoms with E-state index >= 15 is 0 Å². The first-order valence-corrected chi connectivity index (χ1v) is 8.81. The van der Waals surface area contributed by atoms with Gasteiger partial charge in [0.2, 0.25) is 0 Å². The fourth-order valence-corrected chi connectivity index (χ4v) is 3.41. The number of benzene rings is 1. The zero-order valence-electron chi connectivity index (χ0n) is 16.0. The Kier molecular flexibility index (Phi) is 9.38. The zero-order chi connectivity index (χ0) is 17.5. The number of hydrogen-bond donors (Lipinski definition) is 1. The third kappa shape index (κ3) is 6.24. The highest BCUT2D eigenvalue weighted by Crippen LogP contribution is 2.28. The molecule has 6 heteroatoms. The minimum atomic E-state index is 0. The molecule has 5 nitrogen and oxygen atoms in total. The van der Waals surface area contributed by atoms with E-state index in [0.29, 0.717) is 18.4 Å². The Labute approximate surface area is 169 Å². The van der Waals surface area contributed by atoms with E-state index in [1.807, 2.05) is 18.2 Å². The maximum absolute atomic E-state index is 5.38. The van der Waals surface area contributed by atoms with Crippen molar-refractivity contribution in [1.82, 2.24) is 10.2 Å². The van der Waals surface area contributed by atoms with E-state index in [4.69, 9.17) is 14.5 Å². The van der Waals surface area contributed by atoms with Gasteiger partial charge in [-0.05, 0) is 42.9 Å². The van der Waals surface area contributed by atoms with Crippen molar-refractivity contribution < 1.29 is 9.47 Å². The number of ether oxygens (including phenoxy) is 2. The smallest absolute Gasteiger partial charge is 0.194 e. The van der Waals surface area contributed by atoms with Crippen LogP contribution in [0.1, 0.15) is 32.8 Å². The molecule has 0 amide bonds. The topological polar surface area (TPSA) is 46.1 Å². The third-order valence-electron chi connectivity index (χ3n) is 4.36. The number of methoxy groups -OCH3 is 2. The predicted octanol–water partition coefficient (Wildman–Crippen LogP) is 3.77. The highest BCUT2D eigenvalue weighted by molar-refractivity contribution is 14.0. The molecule has 2 unspecified atom stereocenters. The largest absolute Gasteiger partial charge is 0.493 e. The van der Waals surface area contributed by atoms with Crippen molar-refractivity contribution in [3.63, 3.8) is 0 Å². The summed E-state index contributed by atoms with van der Waals surface area (Å²) in [5.74, 6) is 3.91. The Hall–Kier alpha value is -1.18. The molecule has 1 aromatic rings. The monoisotopic (exact) mass is 461 g/mol. The molecule has 1 aliphatic rings. The highest BCUT2D eigenvalue weighted by Gasteiger charge is 2.23. The van der Waals surface area contributed by atoms with Crippen LogP contribution in [0.2, 0.25) is 0 Å². The van der Waals surface area contributed by atoms with Gasteiger partial charge in [0.1, 0.15) is 0 Å². The van der Waals surface area contributed by atoms with Crippen molar-refractivity contribution >= 4 is 29.9 Å². The van der Waals surface area contributed by atoms with Crippen LogP contribution in [0, 0.1) is 11.8 Å². The number of hydrogen-bond acceptors (Lipinski definition) is 3. The molecule has 0 spiro atoms. The lowest BCUT2D eigenvalue weighted by Gasteiger charge is -2.37. The van der Waals surface area contributed by atoms with E-state index < -0.39 is 0 Å². The van der Waals surface area contributed by atoms with E-state index in [2.05, 4.69) is 31.0 Å². The van der Waals surface area contributed by atoms with Crippen LogP contribution in [-0.4, -0.2) is 44.7 Å². The number of nitrogens with zero attached hydrogens (tertiary/aromatic N) is 2. The zero-order valence-corrected chi connectivity index (χ0v) is 18.4. The molecule has 1 aromatic carbocycles. The maximum atomic E-state index is 5.38. The number of piperidine rings is 1. The Morgan fingerprint density at radius 3 is 2.36 bits per heavy atom. The first kappa shape index (κ1) is 21.9. The minimum Gasteiger partial charge on any atom is -0.493 e. The van der Waals surface area contributed by atoms with Crippen molar-refractivity contribution in [2.24, 2.45) is 16.8 Å². The van der Waals surface area contributed by atoms with Crippen LogP contribution in [-0.2, 0) is 6.54 Å². The predicted molar refractivity (Wildman–Crippen MR) is 114 cm³/mol. The second kappa shape index (κ2) is 10.7. The summed E-state index contributed by atoms with van der Waals surface area (Å²) >= 11 is 0. The molecule has 0 saturated carbocycles. The van der Waals surface area contributed by atoms with Gasteiger partial charge >= 0.3 is 0 Å². The number of rotatable bonds is 5. The van der Waals surface area contributed by atoms with Crippen molar-refractivity contribution in [3.05, 3.63) is 23.8 Å². The van der Waals surface area contributed by atoms with Crippen LogP contribution in [0.4, 0.5) is 0 Å². The van der Waals surface area contributed by atoms with E-state index in [0.717, 1.165) is 42.7 Å². The van der Waals surface area contributed by atoms with Gasteiger partial charge in [-0.2, -0.15) is 0 Å². The van der Waals surface area contributed by atoms with E-state index in [1.54, 1.807) is 14.2 Å². The second-order valence-electron chi connectivity index (χ2n) is 6.71. The fourth-order valence-electron chi connectivity index (χ4n) is 3.41. The van der Waals surface area contributed by atoms with Gasteiger partial charge in [-0.15, -0.1) is 24.0 Å². The summed E-state index contributed by atoms with van der Waals surface area (Å²) in [6.45, 7) is 10.4. The van der Waals surface area contributed by atoms with Crippen molar-refractivity contribution in [2.45, 2.75) is 33.7 Å². The molecule has 0 aromatic heterocycles. The number of nitrogens with one attached hydrogen (secondary N) is 1. The number of likely N-dealkylation sites (tertiary alicyclic amines) is 1. The van der Waals surface area contributed by atoms with E-state index in [9.17, 15) is 0 Å². The Bertz CT molecular complexity index is 556. The molecule has 1 fully saturated rings. The molecule has 25 heavy (non-hydrogen) atoms. The van der Waals surface area contributed by atoms with Gasteiger partial charge in [-0.3, -0.25) is 0 Å². The van der Waals surface area contributed by atoms with Gasteiger partial charge in [0.25, 0.3) is 0 Å². The summed E-state index contributed by atoms with van der Waals surface area (Å²) in [5.41, 5.74) is 1.11. The summed E-state index contributed by atoms with van der Waals surface area (Å²) in [5, 5.41) is 3.43. The molecule has 0 aliphatic carbocycles. The van der Waals surface area contributed by atoms with Crippen LogP contribution in [0.15, 0.2) is 23.2 Å². The summed E-state index contributed by atoms with van der Waals surface area (Å²) in [7, 11) is 3.31. The number of aliphatic imine (C=N–C) groups is 1. The molecule has 0 radical (unpaired) electrons. The molecule has 2 atom stereocenters. The SMILES string of the molecule is CCNC(=NCc1ccc(OC)c(OC)c1)N1CC(C)CC(C)C1.I. The first-order chi connectivity index (χ1) is 11.6. The Balaban J connectivity index is 0.00000312. The minimum absolute atomic E-state index is 0. The Morgan fingerprint density at radius 1 is 1.16 bits per heavy atom. The lowest BCUT2D eigenvalue weighted by atomic mass is 9.92. The average Bonchev–Trinajstić information content (AvgIpc) is 2.57. The van der Waals surface area contributed by atoms with Crippen molar-refractivity contribution in [1.29, 1.82) is 0 Å². The molecule has 1 saturated heterocycles. The van der Waals surface area contributed by atoms with E-state index in [1.165, 1.54) is 6.42 Å². The molecule has 2 rings (SSSR count). The summed E-state index contributed by atoms with van der Waals surface area (Å²) in [4.78, 5) is 7.23. The van der Waals surface area contributed by atoms with Crippen LogP contribution in [0.3, 0.4) is 0 Å². The standard InChI is InChI=1S/C19H31N3O2.HI/c1-6-20-19(22-12-14(2)9-15(3)13-22)21-11-16-7-8-17(23-4)18(10-16)24-5;/h7-8,10,14-15H,6,9,11-13H2,1-5H3,(H,20,21);1H. The Morgan fingerprint density at radius 2 is 1.80 bits per heavy atom. The number of halogens is 1. The lowest BCUT2D eigenvalue weighted by molar-refractivity contribution is 0.208.